The zero-order chi connectivity index (χ0) is 24.7. The maximum atomic E-state index is 5.88. The molecule has 0 aliphatic heterocycles. The van der Waals surface area contributed by atoms with E-state index >= 15 is 0 Å². The van der Waals surface area contributed by atoms with Gasteiger partial charge in [-0.1, -0.05) is 48.6 Å². The van der Waals surface area contributed by atoms with E-state index in [4.69, 9.17) is 9.47 Å². The molecule has 0 aliphatic rings. The molecule has 182 valence electrons. The highest BCUT2D eigenvalue weighted by Gasteiger charge is 1.97. The van der Waals surface area contributed by atoms with Crippen LogP contribution in [0.1, 0.15) is 48.2 Å². The van der Waals surface area contributed by atoms with Gasteiger partial charge in [-0.25, -0.2) is 0 Å². The van der Waals surface area contributed by atoms with E-state index in [0.29, 0.717) is 0 Å². The highest BCUT2D eigenvalue weighted by Crippen LogP contribution is 2.16. The summed E-state index contributed by atoms with van der Waals surface area (Å²) in [5, 5.41) is 0. The van der Waals surface area contributed by atoms with E-state index in [1.807, 2.05) is 72.8 Å². The number of hydrogen-bond acceptors (Lipinski definition) is 4. The predicted molar refractivity (Wildman–Crippen MR) is 149 cm³/mol. The molecule has 4 rings (SSSR count). The fraction of sp³-hybridized carbons (Fsp3) is 0.188. The lowest BCUT2D eigenvalue weighted by Gasteiger charge is -2.08. The summed E-state index contributed by atoms with van der Waals surface area (Å²) in [6.07, 6.45) is 16.1. The predicted octanol–water partition coefficient (Wildman–Crippen LogP) is 7.84. The molecule has 4 aromatic rings. The van der Waals surface area contributed by atoms with E-state index in [2.05, 4.69) is 46.4 Å². The van der Waals surface area contributed by atoms with Crippen LogP contribution in [0.15, 0.2) is 97.3 Å². The number of aromatic nitrogens is 2. The van der Waals surface area contributed by atoms with Crippen LogP contribution in [0.4, 0.5) is 0 Å². The number of pyridine rings is 2. The van der Waals surface area contributed by atoms with Crippen molar-refractivity contribution in [1.29, 1.82) is 0 Å². The Morgan fingerprint density at radius 3 is 1.31 bits per heavy atom. The highest BCUT2D eigenvalue weighted by molar-refractivity contribution is 5.68. The molecule has 2 heterocycles. The number of hydrogen-bond donors (Lipinski definition) is 0. The molecule has 2 aromatic heterocycles. The van der Waals surface area contributed by atoms with Gasteiger partial charge in [-0.3, -0.25) is 9.97 Å². The van der Waals surface area contributed by atoms with E-state index in [-0.39, 0.29) is 0 Å². The molecule has 0 saturated heterocycles. The van der Waals surface area contributed by atoms with Crippen LogP contribution < -0.4 is 9.47 Å². The average molecular weight is 477 g/mol. The molecule has 0 unspecified atom stereocenters. The van der Waals surface area contributed by atoms with Gasteiger partial charge in [-0.05, 0) is 97.5 Å². The number of unbranched alkanes of at least 4 members (excludes halogenated alkanes) is 3. The Kier molecular flexibility index (Phi) is 9.88. The Hall–Kier alpha value is -4.18. The van der Waals surface area contributed by atoms with E-state index in [9.17, 15) is 0 Å². The zero-order valence-electron chi connectivity index (χ0n) is 20.5. The van der Waals surface area contributed by atoms with Crippen molar-refractivity contribution in [2.24, 2.45) is 0 Å². The molecule has 0 aliphatic carbocycles. The van der Waals surface area contributed by atoms with Crippen LogP contribution in [0.2, 0.25) is 0 Å². The van der Waals surface area contributed by atoms with Crippen molar-refractivity contribution in [2.45, 2.75) is 25.7 Å². The fourth-order valence-electron chi connectivity index (χ4n) is 3.60. The van der Waals surface area contributed by atoms with E-state index < -0.39 is 0 Å². The first-order chi connectivity index (χ1) is 17.8. The second-order valence-electron chi connectivity index (χ2n) is 8.43. The smallest absolute Gasteiger partial charge is 0.119 e. The van der Waals surface area contributed by atoms with Crippen LogP contribution in [-0.2, 0) is 0 Å². The largest absolute Gasteiger partial charge is 0.494 e. The number of ether oxygens (including phenoxy) is 2. The summed E-state index contributed by atoms with van der Waals surface area (Å²) in [5.74, 6) is 1.82. The van der Waals surface area contributed by atoms with E-state index in [0.717, 1.165) is 72.9 Å². The third kappa shape index (κ3) is 8.88. The minimum absolute atomic E-state index is 0.734. The Morgan fingerprint density at radius 2 is 0.917 bits per heavy atom. The molecule has 4 nitrogen and oxygen atoms in total. The monoisotopic (exact) mass is 476 g/mol. The average Bonchev–Trinajstić information content (AvgIpc) is 2.94. The molecule has 0 N–H and O–H groups in total. The zero-order valence-corrected chi connectivity index (χ0v) is 20.5. The van der Waals surface area contributed by atoms with E-state index in [1.165, 1.54) is 0 Å². The number of rotatable bonds is 13. The van der Waals surface area contributed by atoms with Crippen molar-refractivity contribution >= 4 is 24.3 Å². The lowest BCUT2D eigenvalue weighted by Crippen LogP contribution is -2.00. The van der Waals surface area contributed by atoms with Crippen molar-refractivity contribution in [3.05, 3.63) is 120 Å². The summed E-state index contributed by atoms with van der Waals surface area (Å²) >= 11 is 0. The van der Waals surface area contributed by atoms with Gasteiger partial charge in [0, 0.05) is 12.4 Å². The maximum Gasteiger partial charge on any atom is 0.119 e. The third-order valence-corrected chi connectivity index (χ3v) is 5.60. The van der Waals surface area contributed by atoms with Gasteiger partial charge >= 0.3 is 0 Å². The maximum absolute atomic E-state index is 5.88. The molecule has 0 saturated carbocycles. The number of benzene rings is 2. The van der Waals surface area contributed by atoms with Crippen LogP contribution in [0, 0.1) is 0 Å². The van der Waals surface area contributed by atoms with Crippen LogP contribution in [0.25, 0.3) is 24.3 Å². The summed E-state index contributed by atoms with van der Waals surface area (Å²) in [6, 6.07) is 28.1. The minimum Gasteiger partial charge on any atom is -0.494 e. The van der Waals surface area contributed by atoms with Crippen molar-refractivity contribution in [3.63, 3.8) is 0 Å². The second kappa shape index (κ2) is 14.3. The second-order valence-corrected chi connectivity index (χ2v) is 8.43. The molecule has 0 amide bonds. The molecular weight excluding hydrogens is 444 g/mol. The van der Waals surface area contributed by atoms with Crippen LogP contribution in [0.5, 0.6) is 11.5 Å². The Morgan fingerprint density at radius 1 is 0.472 bits per heavy atom. The van der Waals surface area contributed by atoms with Crippen molar-refractivity contribution in [2.75, 3.05) is 13.2 Å². The quantitative estimate of drug-likeness (QED) is 0.184. The van der Waals surface area contributed by atoms with Gasteiger partial charge in [0.05, 0.1) is 24.6 Å². The minimum atomic E-state index is 0.734. The first-order valence-corrected chi connectivity index (χ1v) is 12.5. The highest BCUT2D eigenvalue weighted by atomic mass is 16.5. The molecule has 2 aromatic carbocycles. The molecule has 0 bridgehead atoms. The van der Waals surface area contributed by atoms with Crippen LogP contribution >= 0.6 is 0 Å². The SMILES string of the molecule is C(=C\c1ccccn1)/c1ccc(OCCCCCCOc2ccc(/C=C/c3ccccn3)cc2)cc1. The first-order valence-electron chi connectivity index (χ1n) is 12.5. The van der Waals surface area contributed by atoms with Crippen molar-refractivity contribution < 1.29 is 9.47 Å². The molecule has 0 fully saturated rings. The van der Waals surface area contributed by atoms with Gasteiger partial charge in [0.25, 0.3) is 0 Å². The summed E-state index contributed by atoms with van der Waals surface area (Å²) in [5.41, 5.74) is 4.16. The molecule has 36 heavy (non-hydrogen) atoms. The first kappa shape index (κ1) is 24.9. The third-order valence-electron chi connectivity index (χ3n) is 5.60. The normalized spacial score (nSPS) is 11.2. The molecule has 4 heteroatoms. The van der Waals surface area contributed by atoms with Gasteiger partial charge in [0.15, 0.2) is 0 Å². The van der Waals surface area contributed by atoms with Gasteiger partial charge in [0.2, 0.25) is 0 Å². The van der Waals surface area contributed by atoms with Crippen LogP contribution in [0.3, 0.4) is 0 Å². The van der Waals surface area contributed by atoms with Crippen LogP contribution in [-0.4, -0.2) is 23.2 Å². The van der Waals surface area contributed by atoms with Crippen molar-refractivity contribution in [3.8, 4) is 11.5 Å². The Labute approximate surface area is 214 Å². The lowest BCUT2D eigenvalue weighted by molar-refractivity contribution is 0.287. The molecular formula is C32H32N2O2. The molecule has 0 radical (unpaired) electrons. The summed E-state index contributed by atoms with van der Waals surface area (Å²) in [4.78, 5) is 8.60. The van der Waals surface area contributed by atoms with Gasteiger partial charge in [-0.2, -0.15) is 0 Å². The number of nitrogens with zero attached hydrogens (tertiary/aromatic N) is 2. The standard InChI is InChI=1S/C32H32N2O2/c1(7-25-35-31-19-13-27(14-20-31)11-17-29-9-3-5-23-33-29)2-8-26-36-32-21-15-28(16-22-32)12-18-30-10-4-6-24-34-30/h3-6,9-24H,1-2,7-8,25-26H2/b17-11+,18-12+. The summed E-state index contributed by atoms with van der Waals surface area (Å²) in [7, 11) is 0. The molecule has 0 spiro atoms. The Balaban J connectivity index is 1.05. The van der Waals surface area contributed by atoms with Gasteiger partial charge in [-0.15, -0.1) is 0 Å². The topological polar surface area (TPSA) is 44.2 Å². The summed E-state index contributed by atoms with van der Waals surface area (Å²) < 4.78 is 11.8. The summed E-state index contributed by atoms with van der Waals surface area (Å²) in [6.45, 7) is 1.47. The van der Waals surface area contributed by atoms with Crippen molar-refractivity contribution in [1.82, 2.24) is 9.97 Å². The fourth-order valence-corrected chi connectivity index (χ4v) is 3.60. The lowest BCUT2D eigenvalue weighted by atomic mass is 10.2. The Bertz CT molecular complexity index is 1100. The van der Waals surface area contributed by atoms with Gasteiger partial charge < -0.3 is 9.47 Å². The van der Waals surface area contributed by atoms with E-state index in [1.54, 1.807) is 12.4 Å². The van der Waals surface area contributed by atoms with Gasteiger partial charge in [0.1, 0.15) is 11.5 Å². The molecule has 0 atom stereocenters.